The van der Waals surface area contributed by atoms with Crippen LogP contribution in [0.15, 0.2) is 6.20 Å². The molecule has 28 heavy (non-hydrogen) atoms. The zero-order chi connectivity index (χ0) is 24.1. The third-order valence-corrected chi connectivity index (χ3v) is 4.05. The van der Waals surface area contributed by atoms with Crippen LogP contribution in [0.1, 0.15) is 37.9 Å². The molecule has 0 aliphatic carbocycles. The van der Waals surface area contributed by atoms with Gasteiger partial charge in [0.2, 0.25) is 0 Å². The van der Waals surface area contributed by atoms with Gasteiger partial charge < -0.3 is 0 Å². The molecule has 1 heterocycles. The summed E-state index contributed by atoms with van der Waals surface area (Å²) in [5, 5.41) is 0. The van der Waals surface area contributed by atoms with Crippen LogP contribution in [0.5, 0.6) is 0 Å². The topological polar surface area (TPSA) is 135 Å². The van der Waals surface area contributed by atoms with Gasteiger partial charge in [-0.3, -0.25) is 0 Å². The molecular formula is C16H13Cl3N2O6W. The van der Waals surface area contributed by atoms with Crippen molar-refractivity contribution in [2.75, 3.05) is 7.11 Å². The van der Waals surface area contributed by atoms with E-state index in [9.17, 15) is 0 Å². The molecule has 0 spiro atoms. The first kappa shape index (κ1) is 37.9. The molecule has 0 amide bonds. The van der Waals surface area contributed by atoms with Crippen LogP contribution in [-0.2, 0) is 56.6 Å². The van der Waals surface area contributed by atoms with Gasteiger partial charge in [0.15, 0.2) is 0 Å². The fourth-order valence-electron chi connectivity index (χ4n) is 1.35. The fraction of sp³-hybridized carbons (Fsp3) is 0.375. The molecule has 0 aliphatic rings. The summed E-state index contributed by atoms with van der Waals surface area (Å²) in [5.41, 5.74) is 1.48. The summed E-state index contributed by atoms with van der Waals surface area (Å²) in [6.45, 7) is 28.6. The second-order valence-electron chi connectivity index (χ2n) is 4.70. The summed E-state index contributed by atoms with van der Waals surface area (Å²) in [6, 6.07) is 0. The summed E-state index contributed by atoms with van der Waals surface area (Å²) in [5.74, 6) is 0.181. The standard InChI is InChI=1S/C11H13Cl3N2O.5CO.W/c1-10(2,3)8-7(6-17-4)5-15-9(16-8)11(12,13)14;5*1-2;/h5H,1-4H3;;;;;;. The average Bonchev–Trinajstić information content (AvgIpc) is 2.73. The third kappa shape index (κ3) is 16.2. The van der Waals surface area contributed by atoms with Crippen LogP contribution in [0.2, 0.25) is 0 Å². The molecule has 0 N–H and O–H groups in total. The number of methoxy groups -OCH3 is 1. The maximum atomic E-state index is 7.50. The average molecular weight is 619 g/mol. The first-order valence-electron chi connectivity index (χ1n) is 6.12. The molecular weight excluding hydrogens is 606 g/mol. The van der Waals surface area contributed by atoms with Crippen molar-refractivity contribution in [2.24, 2.45) is 0 Å². The zero-order valence-corrected chi connectivity index (χ0v) is 20.2. The Hall–Kier alpha value is -0.832. The van der Waals surface area contributed by atoms with E-state index in [0.717, 1.165) is 15.3 Å². The van der Waals surface area contributed by atoms with Crippen molar-refractivity contribution in [1.82, 2.24) is 9.97 Å². The molecule has 0 unspecified atom stereocenters. The predicted molar refractivity (Wildman–Crippen MR) is 90.7 cm³/mol. The van der Waals surface area contributed by atoms with Gasteiger partial charge in [-0.1, -0.05) is 0 Å². The van der Waals surface area contributed by atoms with E-state index in [2.05, 4.69) is 43.2 Å². The van der Waals surface area contributed by atoms with Gasteiger partial charge in [-0.25, -0.2) is 0 Å². The van der Waals surface area contributed by atoms with E-state index in [0.29, 0.717) is 0 Å². The van der Waals surface area contributed by atoms with Crippen molar-refractivity contribution in [1.29, 1.82) is 0 Å². The normalized spacial score (nSPS) is 8.46. The number of hydrogen-bond donors (Lipinski definition) is 0. The van der Waals surface area contributed by atoms with E-state index >= 15 is 0 Å². The van der Waals surface area contributed by atoms with Crippen LogP contribution in [0, 0.1) is 33.3 Å². The van der Waals surface area contributed by atoms with Crippen LogP contribution >= 0.6 is 34.8 Å². The second kappa shape index (κ2) is 22.5. The van der Waals surface area contributed by atoms with Gasteiger partial charge in [0, 0.05) is 0 Å². The molecule has 1 aromatic rings. The van der Waals surface area contributed by atoms with Crippen molar-refractivity contribution in [2.45, 2.75) is 30.0 Å². The Balaban J connectivity index is -0.000000153. The van der Waals surface area contributed by atoms with Gasteiger partial charge in [-0.05, 0) is 0 Å². The number of nitrogens with zero attached hydrogens (tertiary/aromatic N) is 2. The maximum absolute atomic E-state index is 7.50. The molecule has 8 nitrogen and oxygen atoms in total. The van der Waals surface area contributed by atoms with E-state index in [1.165, 1.54) is 19.4 Å². The van der Waals surface area contributed by atoms with Gasteiger partial charge >= 0.3 is 190 Å². The first-order chi connectivity index (χ1) is 13.1. The Bertz CT molecular complexity index is 639. The number of halogens is 3. The van der Waals surface area contributed by atoms with Crippen molar-refractivity contribution in [3.8, 4) is 0 Å². The summed E-state index contributed by atoms with van der Waals surface area (Å²) in [6.07, 6.45) is 1.65. The van der Waals surface area contributed by atoms with Crippen LogP contribution in [0.4, 0.5) is 0 Å². The first-order valence-corrected chi connectivity index (χ1v) is 8.72. The Morgan fingerprint density at radius 2 is 1.29 bits per heavy atom. The van der Waals surface area contributed by atoms with E-state index in [4.69, 9.17) is 62.8 Å². The van der Waals surface area contributed by atoms with Crippen molar-refractivity contribution in [3.63, 3.8) is 0 Å². The minimum absolute atomic E-state index is 0.181. The van der Waals surface area contributed by atoms with Crippen molar-refractivity contribution >= 4 is 38.9 Å². The Labute approximate surface area is 189 Å². The van der Waals surface area contributed by atoms with Gasteiger partial charge in [-0.2, -0.15) is 0 Å². The zero-order valence-electron chi connectivity index (χ0n) is 15.0. The summed E-state index contributed by atoms with van der Waals surface area (Å²) in [4.78, 5) is 8.49. The van der Waals surface area contributed by atoms with Crippen molar-refractivity contribution < 1.29 is 47.4 Å². The molecule has 0 bridgehead atoms. The Morgan fingerprint density at radius 1 is 0.929 bits per heavy atom. The van der Waals surface area contributed by atoms with Crippen LogP contribution in [0.25, 0.3) is 0 Å². The van der Waals surface area contributed by atoms with E-state index in [1.807, 2.05) is 20.8 Å². The van der Waals surface area contributed by atoms with Crippen molar-refractivity contribution in [3.05, 3.63) is 56.5 Å². The molecule has 0 aromatic carbocycles. The van der Waals surface area contributed by atoms with Crippen LogP contribution in [-0.4, -0.2) is 21.2 Å². The summed E-state index contributed by atoms with van der Waals surface area (Å²) < 4.78 is 42.0. The van der Waals surface area contributed by atoms with E-state index in [-0.39, 0.29) is 11.2 Å². The third-order valence-electron chi connectivity index (χ3n) is 2.16. The number of alkyl halides is 3. The molecule has 0 saturated carbocycles. The Morgan fingerprint density at radius 3 is 1.54 bits per heavy atom. The van der Waals surface area contributed by atoms with Gasteiger partial charge in [0.25, 0.3) is 0 Å². The quantitative estimate of drug-likeness (QED) is 0.286. The Kier molecular flexibility index (Phi) is 30.4. The van der Waals surface area contributed by atoms with Gasteiger partial charge in [0.1, 0.15) is 0 Å². The molecule has 1 aromatic heterocycles. The second-order valence-corrected chi connectivity index (χ2v) is 8.31. The van der Waals surface area contributed by atoms with Crippen LogP contribution < -0.4 is 0 Å². The van der Waals surface area contributed by atoms with E-state index in [1.54, 1.807) is 13.3 Å². The molecule has 150 valence electrons. The molecule has 0 aliphatic heterocycles. The molecule has 1 rings (SSSR count). The molecule has 0 atom stereocenters. The minimum atomic E-state index is -1.62. The summed E-state index contributed by atoms with van der Waals surface area (Å²) in [7, 11) is 1.62. The summed E-state index contributed by atoms with van der Waals surface area (Å²) >= 11 is 18.7. The molecule has 12 heteroatoms. The van der Waals surface area contributed by atoms with Crippen LogP contribution in [0.3, 0.4) is 0 Å². The molecule has 0 saturated heterocycles. The SMILES string of the molecule is CO[C](=[W])c1cnc(C(Cl)(Cl)Cl)nc1C(C)(C)C.[C-]#[O+].[C-]#[O+].[C-]#[O+].[C-]#[O+].[C-]#[O+]. The number of rotatable bonds is 2. The molecule has 0 radical (unpaired) electrons. The van der Waals surface area contributed by atoms with Gasteiger partial charge in [-0.15, -0.1) is 0 Å². The number of aromatic nitrogens is 2. The van der Waals surface area contributed by atoms with Gasteiger partial charge in [0.05, 0.1) is 0 Å². The number of ether oxygens (including phenoxy) is 1. The van der Waals surface area contributed by atoms with E-state index < -0.39 is 3.79 Å². The fourth-order valence-corrected chi connectivity index (χ4v) is 2.16. The predicted octanol–water partition coefficient (Wildman–Crippen LogP) is 3.08. The molecule has 0 fully saturated rings. The number of hydrogen-bond acceptors (Lipinski definition) is 3. The monoisotopic (exact) mass is 618 g/mol.